The zero-order valence-corrected chi connectivity index (χ0v) is 10.2. The van der Waals surface area contributed by atoms with Gasteiger partial charge in [-0.2, -0.15) is 0 Å². The molecule has 0 atom stereocenters. The summed E-state index contributed by atoms with van der Waals surface area (Å²) < 4.78 is 7.92. The molecule has 1 aromatic heterocycles. The number of benzene rings is 1. The predicted octanol–water partition coefficient (Wildman–Crippen LogP) is 3.70. The van der Waals surface area contributed by atoms with Gasteiger partial charge >= 0.3 is 0 Å². The first-order valence-electron chi connectivity index (χ1n) is 5.93. The fourth-order valence-corrected chi connectivity index (χ4v) is 2.03. The smallest absolute Gasteiger partial charge is 0.128 e. The average Bonchev–Trinajstić information content (AvgIpc) is 2.63. The van der Waals surface area contributed by atoms with Crippen molar-refractivity contribution in [1.29, 1.82) is 0 Å². The van der Waals surface area contributed by atoms with Gasteiger partial charge in [0.15, 0.2) is 0 Å². The molecule has 0 spiro atoms. The van der Waals surface area contributed by atoms with E-state index in [-0.39, 0.29) is 0 Å². The van der Waals surface area contributed by atoms with Crippen molar-refractivity contribution in [2.75, 3.05) is 6.61 Å². The quantitative estimate of drug-likeness (QED) is 0.761. The van der Waals surface area contributed by atoms with Crippen LogP contribution in [0.15, 0.2) is 30.5 Å². The van der Waals surface area contributed by atoms with Gasteiger partial charge in [-0.25, -0.2) is 0 Å². The molecule has 0 aliphatic carbocycles. The number of fused-ring (bicyclic) bond motifs is 1. The van der Waals surface area contributed by atoms with Crippen molar-refractivity contribution >= 4 is 10.9 Å². The highest BCUT2D eigenvalue weighted by Crippen LogP contribution is 2.27. The van der Waals surface area contributed by atoms with Crippen molar-refractivity contribution in [1.82, 2.24) is 4.57 Å². The summed E-state index contributed by atoms with van der Waals surface area (Å²) in [5.74, 6) is 1.65. The first-order chi connectivity index (χ1) is 7.72. The van der Waals surface area contributed by atoms with Crippen LogP contribution in [0.1, 0.15) is 20.8 Å². The Hall–Kier alpha value is -1.44. The molecule has 0 aliphatic rings. The molecule has 2 aromatic rings. The average molecular weight is 217 g/mol. The number of rotatable bonds is 4. The summed E-state index contributed by atoms with van der Waals surface area (Å²) in [6.45, 7) is 8.26. The highest BCUT2D eigenvalue weighted by atomic mass is 16.5. The van der Waals surface area contributed by atoms with E-state index in [2.05, 4.69) is 42.8 Å². The van der Waals surface area contributed by atoms with Crippen LogP contribution in [0.25, 0.3) is 10.9 Å². The number of aromatic nitrogens is 1. The Morgan fingerprint density at radius 3 is 2.75 bits per heavy atom. The van der Waals surface area contributed by atoms with E-state index in [4.69, 9.17) is 4.74 Å². The maximum Gasteiger partial charge on any atom is 0.128 e. The third-order valence-electron chi connectivity index (χ3n) is 2.64. The molecule has 2 heteroatoms. The van der Waals surface area contributed by atoms with E-state index in [1.807, 2.05) is 13.0 Å². The van der Waals surface area contributed by atoms with E-state index in [1.165, 1.54) is 10.9 Å². The molecule has 0 saturated heterocycles. The van der Waals surface area contributed by atoms with E-state index >= 15 is 0 Å². The topological polar surface area (TPSA) is 14.2 Å². The minimum atomic E-state index is 0.659. The van der Waals surface area contributed by atoms with Crippen LogP contribution in [-0.4, -0.2) is 11.2 Å². The largest absolute Gasteiger partial charge is 0.493 e. The van der Waals surface area contributed by atoms with Crippen LogP contribution >= 0.6 is 0 Å². The van der Waals surface area contributed by atoms with Gasteiger partial charge in [0.2, 0.25) is 0 Å². The second-order valence-corrected chi connectivity index (χ2v) is 4.48. The molecule has 0 saturated carbocycles. The lowest BCUT2D eigenvalue weighted by Gasteiger charge is -2.09. The number of nitrogens with zero attached hydrogens (tertiary/aromatic N) is 1. The molecule has 1 heterocycles. The molecule has 0 fully saturated rings. The maximum absolute atomic E-state index is 5.62. The Balaban J connectivity index is 2.44. The Labute approximate surface area is 96.8 Å². The number of ether oxygens (including phenoxy) is 1. The van der Waals surface area contributed by atoms with Crippen LogP contribution < -0.4 is 4.74 Å². The third kappa shape index (κ3) is 2.06. The summed E-state index contributed by atoms with van der Waals surface area (Å²) in [6, 6.07) is 8.39. The predicted molar refractivity (Wildman–Crippen MR) is 67.9 cm³/mol. The lowest BCUT2D eigenvalue weighted by atomic mass is 10.2. The van der Waals surface area contributed by atoms with Crippen LogP contribution in [0.5, 0.6) is 5.75 Å². The first-order valence-corrected chi connectivity index (χ1v) is 5.93. The fraction of sp³-hybridized carbons (Fsp3) is 0.429. The summed E-state index contributed by atoms with van der Waals surface area (Å²) >= 11 is 0. The number of hydrogen-bond acceptors (Lipinski definition) is 1. The van der Waals surface area contributed by atoms with Gasteiger partial charge in [-0.3, -0.25) is 0 Å². The summed E-state index contributed by atoms with van der Waals surface area (Å²) in [5, 5.41) is 1.21. The molecular formula is C14H19NO. The molecule has 0 amide bonds. The lowest BCUT2D eigenvalue weighted by molar-refractivity contribution is 0.344. The Morgan fingerprint density at radius 2 is 2.06 bits per heavy atom. The molecule has 2 rings (SSSR count). The molecule has 0 bridgehead atoms. The van der Waals surface area contributed by atoms with Gasteiger partial charge in [0.25, 0.3) is 0 Å². The van der Waals surface area contributed by atoms with E-state index in [1.54, 1.807) is 0 Å². The first kappa shape index (κ1) is 11.1. The molecule has 86 valence electrons. The van der Waals surface area contributed by atoms with Gasteiger partial charge in [0.05, 0.1) is 12.1 Å². The minimum Gasteiger partial charge on any atom is -0.493 e. The Kier molecular flexibility index (Phi) is 3.18. The van der Waals surface area contributed by atoms with Crippen molar-refractivity contribution in [2.45, 2.75) is 27.3 Å². The summed E-state index contributed by atoms with van der Waals surface area (Å²) in [4.78, 5) is 0. The summed E-state index contributed by atoms with van der Waals surface area (Å²) in [5.41, 5.74) is 1.26. The zero-order chi connectivity index (χ0) is 11.5. The molecule has 0 N–H and O–H groups in total. The van der Waals surface area contributed by atoms with Gasteiger partial charge in [0, 0.05) is 18.1 Å². The molecule has 16 heavy (non-hydrogen) atoms. The molecular weight excluding hydrogens is 198 g/mol. The van der Waals surface area contributed by atoms with Crippen molar-refractivity contribution in [3.63, 3.8) is 0 Å². The Morgan fingerprint density at radius 1 is 1.25 bits per heavy atom. The maximum atomic E-state index is 5.62. The monoisotopic (exact) mass is 217 g/mol. The van der Waals surface area contributed by atoms with Crippen LogP contribution in [0.4, 0.5) is 0 Å². The van der Waals surface area contributed by atoms with E-state index in [9.17, 15) is 0 Å². The van der Waals surface area contributed by atoms with Gasteiger partial charge in [-0.15, -0.1) is 0 Å². The molecule has 1 aromatic carbocycles. The second kappa shape index (κ2) is 4.60. The van der Waals surface area contributed by atoms with E-state index in [0.29, 0.717) is 12.5 Å². The minimum absolute atomic E-state index is 0.659. The molecule has 0 radical (unpaired) electrons. The van der Waals surface area contributed by atoms with Crippen LogP contribution in [0.3, 0.4) is 0 Å². The third-order valence-corrected chi connectivity index (χ3v) is 2.64. The summed E-state index contributed by atoms with van der Waals surface area (Å²) in [7, 11) is 0. The standard InChI is InChI=1S/C14H19NO/c1-4-16-14-7-5-6-13-12(14)8-9-15(13)10-11(2)3/h5-9,11H,4,10H2,1-3H3. The normalized spacial score (nSPS) is 11.2. The molecule has 0 unspecified atom stereocenters. The van der Waals surface area contributed by atoms with Gasteiger partial charge in [0.1, 0.15) is 5.75 Å². The SMILES string of the molecule is CCOc1cccc2c1ccn2CC(C)C. The zero-order valence-electron chi connectivity index (χ0n) is 10.2. The molecule has 0 aliphatic heterocycles. The fourth-order valence-electron chi connectivity index (χ4n) is 2.03. The van der Waals surface area contributed by atoms with Crippen LogP contribution in [0.2, 0.25) is 0 Å². The molecule has 2 nitrogen and oxygen atoms in total. The van der Waals surface area contributed by atoms with Crippen molar-refractivity contribution in [3.05, 3.63) is 30.5 Å². The highest BCUT2D eigenvalue weighted by molar-refractivity contribution is 5.86. The van der Waals surface area contributed by atoms with Crippen LogP contribution in [-0.2, 0) is 6.54 Å². The highest BCUT2D eigenvalue weighted by Gasteiger charge is 2.06. The van der Waals surface area contributed by atoms with Crippen molar-refractivity contribution < 1.29 is 4.74 Å². The van der Waals surface area contributed by atoms with Crippen molar-refractivity contribution in [3.8, 4) is 5.75 Å². The van der Waals surface area contributed by atoms with Crippen LogP contribution in [0, 0.1) is 5.92 Å². The van der Waals surface area contributed by atoms with Crippen molar-refractivity contribution in [2.24, 2.45) is 5.92 Å². The second-order valence-electron chi connectivity index (χ2n) is 4.48. The lowest BCUT2D eigenvalue weighted by Crippen LogP contribution is -2.02. The van der Waals surface area contributed by atoms with Gasteiger partial charge < -0.3 is 9.30 Å². The number of hydrogen-bond donors (Lipinski definition) is 0. The van der Waals surface area contributed by atoms with E-state index in [0.717, 1.165) is 12.3 Å². The summed E-state index contributed by atoms with van der Waals surface area (Å²) in [6.07, 6.45) is 2.15. The van der Waals surface area contributed by atoms with Gasteiger partial charge in [-0.05, 0) is 31.0 Å². The Bertz CT molecular complexity index is 471. The van der Waals surface area contributed by atoms with Gasteiger partial charge in [-0.1, -0.05) is 19.9 Å². The van der Waals surface area contributed by atoms with E-state index < -0.39 is 0 Å².